The van der Waals surface area contributed by atoms with Gasteiger partial charge in [0, 0.05) is 38.6 Å². The number of fused-ring (bicyclic) bond motifs is 1. The van der Waals surface area contributed by atoms with Gasteiger partial charge < -0.3 is 4.90 Å². The van der Waals surface area contributed by atoms with Gasteiger partial charge in [0.2, 0.25) is 5.91 Å². The summed E-state index contributed by atoms with van der Waals surface area (Å²) in [6.07, 6.45) is 9.35. The van der Waals surface area contributed by atoms with Crippen molar-refractivity contribution in [1.29, 1.82) is 0 Å². The Balaban J connectivity index is 1.43. The van der Waals surface area contributed by atoms with Crippen molar-refractivity contribution in [3.63, 3.8) is 0 Å². The SMILES string of the molecule is CN(Cc1ccccn1)C(=O)CC1CN(C2CCCC2)Cc2ccnn21. The summed E-state index contributed by atoms with van der Waals surface area (Å²) in [7, 11) is 1.86. The fourth-order valence-corrected chi connectivity index (χ4v) is 4.30. The Morgan fingerprint density at radius 1 is 1.23 bits per heavy atom. The summed E-state index contributed by atoms with van der Waals surface area (Å²) in [6.45, 7) is 2.42. The van der Waals surface area contributed by atoms with Crippen LogP contribution in [0, 0.1) is 0 Å². The van der Waals surface area contributed by atoms with Crippen LogP contribution in [0.4, 0.5) is 0 Å². The molecular formula is C20H27N5O. The number of hydrogen-bond donors (Lipinski definition) is 0. The van der Waals surface area contributed by atoms with Crippen molar-refractivity contribution < 1.29 is 4.79 Å². The topological polar surface area (TPSA) is 54.3 Å². The molecule has 1 amide bonds. The van der Waals surface area contributed by atoms with Crippen molar-refractivity contribution in [3.8, 4) is 0 Å². The van der Waals surface area contributed by atoms with Crippen molar-refractivity contribution >= 4 is 5.91 Å². The Bertz CT molecular complexity index is 738. The molecular weight excluding hydrogens is 326 g/mol. The van der Waals surface area contributed by atoms with Gasteiger partial charge in [0.05, 0.1) is 30.4 Å². The van der Waals surface area contributed by atoms with E-state index in [4.69, 9.17) is 0 Å². The van der Waals surface area contributed by atoms with Crippen LogP contribution in [0.15, 0.2) is 36.7 Å². The van der Waals surface area contributed by atoms with Gasteiger partial charge in [0.15, 0.2) is 0 Å². The summed E-state index contributed by atoms with van der Waals surface area (Å²) in [6, 6.07) is 8.69. The van der Waals surface area contributed by atoms with Gasteiger partial charge >= 0.3 is 0 Å². The van der Waals surface area contributed by atoms with E-state index in [0.29, 0.717) is 19.0 Å². The van der Waals surface area contributed by atoms with Crippen LogP contribution in [-0.4, -0.2) is 50.1 Å². The number of carbonyl (C=O) groups is 1. The van der Waals surface area contributed by atoms with E-state index in [1.54, 1.807) is 11.1 Å². The maximum Gasteiger partial charge on any atom is 0.224 e. The van der Waals surface area contributed by atoms with Crippen LogP contribution in [0.1, 0.15) is 49.5 Å². The van der Waals surface area contributed by atoms with Crippen molar-refractivity contribution in [3.05, 3.63) is 48.0 Å². The van der Waals surface area contributed by atoms with Crippen molar-refractivity contribution in [2.24, 2.45) is 0 Å². The lowest BCUT2D eigenvalue weighted by atomic mass is 10.1. The lowest BCUT2D eigenvalue weighted by Crippen LogP contribution is -2.44. The second-order valence-electron chi connectivity index (χ2n) is 7.56. The third kappa shape index (κ3) is 3.65. The second kappa shape index (κ2) is 7.58. The molecule has 1 atom stereocenters. The van der Waals surface area contributed by atoms with E-state index in [2.05, 4.69) is 25.7 Å². The van der Waals surface area contributed by atoms with E-state index in [1.807, 2.05) is 31.4 Å². The van der Waals surface area contributed by atoms with E-state index in [9.17, 15) is 4.79 Å². The number of amides is 1. The third-order valence-corrected chi connectivity index (χ3v) is 5.71. The van der Waals surface area contributed by atoms with Gasteiger partial charge in [0.25, 0.3) is 0 Å². The van der Waals surface area contributed by atoms with E-state index < -0.39 is 0 Å². The van der Waals surface area contributed by atoms with Crippen LogP contribution in [0.5, 0.6) is 0 Å². The highest BCUT2D eigenvalue weighted by atomic mass is 16.2. The fourth-order valence-electron chi connectivity index (χ4n) is 4.30. The molecule has 0 aromatic carbocycles. The average Bonchev–Trinajstić information content (AvgIpc) is 3.34. The molecule has 0 N–H and O–H groups in total. The summed E-state index contributed by atoms with van der Waals surface area (Å²) in [5.74, 6) is 0.148. The molecule has 3 heterocycles. The van der Waals surface area contributed by atoms with E-state index in [0.717, 1.165) is 18.8 Å². The van der Waals surface area contributed by atoms with Gasteiger partial charge in [0.1, 0.15) is 0 Å². The number of nitrogens with zero attached hydrogens (tertiary/aromatic N) is 5. The number of carbonyl (C=O) groups excluding carboxylic acids is 1. The number of aromatic nitrogens is 3. The predicted molar refractivity (Wildman–Crippen MR) is 99.3 cm³/mol. The van der Waals surface area contributed by atoms with Crippen LogP contribution in [-0.2, 0) is 17.9 Å². The molecule has 1 aliphatic heterocycles. The van der Waals surface area contributed by atoms with Crippen LogP contribution < -0.4 is 0 Å². The number of hydrogen-bond acceptors (Lipinski definition) is 4. The normalized spacial score (nSPS) is 20.9. The molecule has 2 aromatic rings. The zero-order chi connectivity index (χ0) is 17.9. The summed E-state index contributed by atoms with van der Waals surface area (Å²) >= 11 is 0. The molecule has 1 aliphatic carbocycles. The molecule has 1 fully saturated rings. The van der Waals surface area contributed by atoms with E-state index >= 15 is 0 Å². The molecule has 2 aliphatic rings. The predicted octanol–water partition coefficient (Wildman–Crippen LogP) is 2.63. The lowest BCUT2D eigenvalue weighted by molar-refractivity contribution is -0.131. The monoisotopic (exact) mass is 353 g/mol. The summed E-state index contributed by atoms with van der Waals surface area (Å²) in [4.78, 5) is 21.5. The minimum Gasteiger partial charge on any atom is -0.340 e. The Hall–Kier alpha value is -2.21. The summed E-state index contributed by atoms with van der Waals surface area (Å²) in [5.41, 5.74) is 2.15. The summed E-state index contributed by atoms with van der Waals surface area (Å²) < 4.78 is 2.07. The molecule has 6 heteroatoms. The molecule has 1 unspecified atom stereocenters. The van der Waals surface area contributed by atoms with Gasteiger partial charge in [-0.15, -0.1) is 0 Å². The van der Waals surface area contributed by atoms with E-state index in [1.165, 1.54) is 31.4 Å². The first-order chi connectivity index (χ1) is 12.7. The molecule has 0 radical (unpaired) electrons. The maximum absolute atomic E-state index is 12.8. The average molecular weight is 353 g/mol. The zero-order valence-corrected chi connectivity index (χ0v) is 15.4. The Kier molecular flexibility index (Phi) is 5.02. The van der Waals surface area contributed by atoms with Crippen LogP contribution in [0.25, 0.3) is 0 Å². The fraction of sp³-hybridized carbons (Fsp3) is 0.550. The first kappa shape index (κ1) is 17.2. The molecule has 6 nitrogen and oxygen atoms in total. The molecule has 2 aromatic heterocycles. The van der Waals surface area contributed by atoms with Gasteiger partial charge in [-0.2, -0.15) is 5.10 Å². The molecule has 4 rings (SSSR count). The van der Waals surface area contributed by atoms with Gasteiger partial charge in [-0.3, -0.25) is 19.4 Å². The van der Waals surface area contributed by atoms with Crippen LogP contribution in [0.3, 0.4) is 0 Å². The Morgan fingerprint density at radius 3 is 2.85 bits per heavy atom. The third-order valence-electron chi connectivity index (χ3n) is 5.71. The largest absolute Gasteiger partial charge is 0.340 e. The number of rotatable bonds is 5. The number of pyridine rings is 1. The quantitative estimate of drug-likeness (QED) is 0.829. The highest BCUT2D eigenvalue weighted by molar-refractivity contribution is 5.76. The van der Waals surface area contributed by atoms with Crippen molar-refractivity contribution in [2.75, 3.05) is 13.6 Å². The highest BCUT2D eigenvalue weighted by Gasteiger charge is 2.32. The molecule has 0 saturated heterocycles. The standard InChI is InChI=1S/C20H27N5O/c1-23(13-16-6-4-5-10-21-16)20(26)12-19-15-24(17-7-2-3-8-17)14-18-9-11-22-25(18)19/h4-6,9-11,17,19H,2-3,7-8,12-15H2,1H3. The highest BCUT2D eigenvalue weighted by Crippen LogP contribution is 2.31. The van der Waals surface area contributed by atoms with Gasteiger partial charge in [-0.05, 0) is 31.0 Å². The molecule has 1 saturated carbocycles. The van der Waals surface area contributed by atoms with Crippen molar-refractivity contribution in [2.45, 2.75) is 57.3 Å². The Morgan fingerprint density at radius 2 is 2.08 bits per heavy atom. The molecule has 0 spiro atoms. The minimum atomic E-state index is 0.119. The van der Waals surface area contributed by atoms with Gasteiger partial charge in [-0.25, -0.2) is 0 Å². The van der Waals surface area contributed by atoms with E-state index in [-0.39, 0.29) is 11.9 Å². The zero-order valence-electron chi connectivity index (χ0n) is 15.4. The summed E-state index contributed by atoms with van der Waals surface area (Å²) in [5, 5.41) is 4.50. The van der Waals surface area contributed by atoms with Crippen LogP contribution >= 0.6 is 0 Å². The smallest absolute Gasteiger partial charge is 0.224 e. The van der Waals surface area contributed by atoms with Crippen LogP contribution in [0.2, 0.25) is 0 Å². The first-order valence-corrected chi connectivity index (χ1v) is 9.61. The molecule has 26 heavy (non-hydrogen) atoms. The minimum absolute atomic E-state index is 0.119. The Labute approximate surface area is 154 Å². The van der Waals surface area contributed by atoms with Crippen molar-refractivity contribution in [1.82, 2.24) is 24.6 Å². The first-order valence-electron chi connectivity index (χ1n) is 9.61. The maximum atomic E-state index is 12.8. The lowest BCUT2D eigenvalue weighted by Gasteiger charge is -2.37. The molecule has 138 valence electrons. The van der Waals surface area contributed by atoms with Gasteiger partial charge in [-0.1, -0.05) is 18.9 Å². The molecule has 0 bridgehead atoms. The second-order valence-corrected chi connectivity index (χ2v) is 7.56.